The minimum atomic E-state index is -0.746. The Labute approximate surface area is 177 Å². The van der Waals surface area contributed by atoms with Gasteiger partial charge < -0.3 is 0 Å². The topological polar surface area (TPSA) is 41.5 Å². The molecule has 1 N–H and O–H groups in total. The highest BCUT2D eigenvalue weighted by atomic mass is 31.1. The summed E-state index contributed by atoms with van der Waals surface area (Å²) in [6.07, 6.45) is 1.73. The van der Waals surface area contributed by atoms with Gasteiger partial charge in [-0.3, -0.25) is 4.79 Å². The summed E-state index contributed by atoms with van der Waals surface area (Å²) >= 11 is 0. The fraction of sp³-hybridized carbons (Fsp3) is 0. The number of rotatable bonds is 6. The minimum absolute atomic E-state index is 0.224. The van der Waals surface area contributed by atoms with Gasteiger partial charge in [0.1, 0.15) is 0 Å². The Hall–Kier alpha value is -3.55. The number of hydrogen-bond donors (Lipinski definition) is 1. The number of nitrogens with one attached hydrogen (secondary N) is 1. The highest BCUT2D eigenvalue weighted by Gasteiger charge is 2.18. The average molecular weight is 408 g/mol. The van der Waals surface area contributed by atoms with Gasteiger partial charge in [0.05, 0.1) is 6.21 Å². The second kappa shape index (κ2) is 9.78. The van der Waals surface area contributed by atoms with Gasteiger partial charge in [0.2, 0.25) is 0 Å². The van der Waals surface area contributed by atoms with Crippen LogP contribution >= 0.6 is 7.92 Å². The Bertz CT molecular complexity index is 1090. The van der Waals surface area contributed by atoms with Gasteiger partial charge in [-0.05, 0) is 36.0 Å². The quantitative estimate of drug-likeness (QED) is 0.290. The molecule has 30 heavy (non-hydrogen) atoms. The molecule has 0 saturated carbocycles. The maximum absolute atomic E-state index is 12.3. The molecule has 3 nitrogen and oxygen atoms in total. The first-order chi connectivity index (χ1) is 14.8. The number of hydrogen-bond acceptors (Lipinski definition) is 2. The molecule has 0 bridgehead atoms. The number of carbonyl (C=O) groups is 1. The van der Waals surface area contributed by atoms with Gasteiger partial charge in [0.15, 0.2) is 0 Å². The van der Waals surface area contributed by atoms with Crippen LogP contribution in [0.1, 0.15) is 15.9 Å². The van der Waals surface area contributed by atoms with E-state index in [2.05, 4.69) is 71.2 Å². The Morgan fingerprint density at radius 3 is 1.77 bits per heavy atom. The van der Waals surface area contributed by atoms with Crippen LogP contribution in [0.4, 0.5) is 0 Å². The van der Waals surface area contributed by atoms with Crippen LogP contribution < -0.4 is 21.3 Å². The molecule has 0 spiro atoms. The van der Waals surface area contributed by atoms with Crippen molar-refractivity contribution in [2.45, 2.75) is 0 Å². The Kier molecular flexibility index (Phi) is 6.44. The smallest absolute Gasteiger partial charge is 0.267 e. The van der Waals surface area contributed by atoms with E-state index in [1.807, 2.05) is 42.5 Å². The fourth-order valence-electron chi connectivity index (χ4n) is 3.20. The Morgan fingerprint density at radius 1 is 0.667 bits per heavy atom. The fourth-order valence-corrected chi connectivity index (χ4v) is 5.62. The van der Waals surface area contributed by atoms with Crippen molar-refractivity contribution >= 4 is 36.0 Å². The summed E-state index contributed by atoms with van der Waals surface area (Å²) in [7, 11) is -0.746. The third-order valence-electron chi connectivity index (χ3n) is 4.61. The van der Waals surface area contributed by atoms with Crippen LogP contribution in [0.2, 0.25) is 0 Å². The molecule has 0 radical (unpaired) electrons. The highest BCUT2D eigenvalue weighted by Crippen LogP contribution is 2.33. The lowest BCUT2D eigenvalue weighted by molar-refractivity contribution is 0.0955. The first kappa shape index (κ1) is 19.8. The summed E-state index contributed by atoms with van der Waals surface area (Å²) in [5, 5.41) is 7.97. The molecule has 0 unspecified atom stereocenters. The molecule has 4 aromatic carbocycles. The van der Waals surface area contributed by atoms with Gasteiger partial charge in [0, 0.05) is 11.1 Å². The van der Waals surface area contributed by atoms with Crippen LogP contribution in [0.15, 0.2) is 120 Å². The third-order valence-corrected chi connectivity index (χ3v) is 7.13. The zero-order valence-electron chi connectivity index (χ0n) is 16.3. The predicted octanol–water partition coefficient (Wildman–Crippen LogP) is 4.21. The lowest BCUT2D eigenvalue weighted by Gasteiger charge is -2.21. The van der Waals surface area contributed by atoms with Crippen molar-refractivity contribution in [2.24, 2.45) is 5.10 Å². The van der Waals surface area contributed by atoms with E-state index in [0.717, 1.165) is 5.56 Å². The van der Waals surface area contributed by atoms with Crippen LogP contribution in [-0.4, -0.2) is 12.1 Å². The lowest BCUT2D eigenvalue weighted by Crippen LogP contribution is -2.24. The summed E-state index contributed by atoms with van der Waals surface area (Å²) in [5.41, 5.74) is 4.20. The van der Waals surface area contributed by atoms with Crippen molar-refractivity contribution in [1.82, 2.24) is 5.43 Å². The number of benzene rings is 4. The van der Waals surface area contributed by atoms with E-state index in [4.69, 9.17) is 0 Å². The van der Waals surface area contributed by atoms with Crippen LogP contribution in [-0.2, 0) is 0 Å². The Balaban J connectivity index is 1.66. The number of hydrazone groups is 1. The van der Waals surface area contributed by atoms with E-state index < -0.39 is 7.92 Å². The molecule has 0 aliphatic heterocycles. The molecule has 0 heterocycles. The first-order valence-electron chi connectivity index (χ1n) is 9.70. The summed E-state index contributed by atoms with van der Waals surface area (Å²) in [4.78, 5) is 12.3. The number of carbonyl (C=O) groups excluding carboxylic acids is 1. The molecule has 146 valence electrons. The predicted molar refractivity (Wildman–Crippen MR) is 127 cm³/mol. The second-order valence-corrected chi connectivity index (χ2v) is 8.82. The van der Waals surface area contributed by atoms with Crippen LogP contribution in [0.5, 0.6) is 0 Å². The van der Waals surface area contributed by atoms with Crippen molar-refractivity contribution in [3.63, 3.8) is 0 Å². The van der Waals surface area contributed by atoms with Crippen LogP contribution in [0.3, 0.4) is 0 Å². The van der Waals surface area contributed by atoms with Gasteiger partial charge in [-0.2, -0.15) is 5.10 Å². The van der Waals surface area contributed by atoms with Gasteiger partial charge in [-0.25, -0.2) is 5.43 Å². The van der Waals surface area contributed by atoms with Gasteiger partial charge in [-0.15, -0.1) is 0 Å². The largest absolute Gasteiger partial charge is 0.271 e. The van der Waals surface area contributed by atoms with Crippen molar-refractivity contribution in [1.29, 1.82) is 0 Å². The van der Waals surface area contributed by atoms with Crippen LogP contribution in [0.25, 0.3) is 0 Å². The molecular formula is C26H21N2OP. The number of amides is 1. The zero-order valence-corrected chi connectivity index (χ0v) is 17.2. The van der Waals surface area contributed by atoms with E-state index in [-0.39, 0.29) is 5.91 Å². The molecular weight excluding hydrogens is 387 g/mol. The summed E-state index contributed by atoms with van der Waals surface area (Å²) in [5.74, 6) is -0.224. The monoisotopic (exact) mass is 408 g/mol. The first-order valence-corrected chi connectivity index (χ1v) is 11.0. The van der Waals surface area contributed by atoms with E-state index in [1.165, 1.54) is 15.9 Å². The summed E-state index contributed by atoms with van der Waals surface area (Å²) < 4.78 is 0. The molecule has 4 heteroatoms. The molecule has 0 aliphatic carbocycles. The SMILES string of the molecule is O=C(NN=Cc1ccccc1P(c1ccccc1)c1ccccc1)c1ccccc1. The Morgan fingerprint density at radius 2 is 1.17 bits per heavy atom. The standard InChI is InChI=1S/C26H21N2OP/c29-26(21-12-4-1-5-13-21)28-27-20-22-14-10-11-19-25(22)30(23-15-6-2-7-16-23)24-17-8-3-9-18-24/h1-20H,(H,28,29). The van der Waals surface area contributed by atoms with Gasteiger partial charge in [0.25, 0.3) is 5.91 Å². The van der Waals surface area contributed by atoms with Gasteiger partial charge in [-0.1, -0.05) is 103 Å². The molecule has 0 aromatic heterocycles. The maximum Gasteiger partial charge on any atom is 0.271 e. The number of nitrogens with zero attached hydrogens (tertiary/aromatic N) is 1. The maximum atomic E-state index is 12.3. The molecule has 0 atom stereocenters. The van der Waals surface area contributed by atoms with Gasteiger partial charge >= 0.3 is 0 Å². The summed E-state index contributed by atoms with van der Waals surface area (Å²) in [6.45, 7) is 0. The minimum Gasteiger partial charge on any atom is -0.267 e. The molecule has 4 aromatic rings. The highest BCUT2D eigenvalue weighted by molar-refractivity contribution is 7.80. The molecule has 0 fully saturated rings. The van der Waals surface area contributed by atoms with Crippen molar-refractivity contribution in [3.8, 4) is 0 Å². The van der Waals surface area contributed by atoms with E-state index in [0.29, 0.717) is 5.56 Å². The third kappa shape index (κ3) is 4.71. The van der Waals surface area contributed by atoms with E-state index >= 15 is 0 Å². The summed E-state index contributed by atoms with van der Waals surface area (Å²) in [6, 6.07) is 38.4. The molecule has 1 amide bonds. The van der Waals surface area contributed by atoms with E-state index in [1.54, 1.807) is 18.3 Å². The van der Waals surface area contributed by atoms with Crippen molar-refractivity contribution in [2.75, 3.05) is 0 Å². The van der Waals surface area contributed by atoms with Crippen molar-refractivity contribution in [3.05, 3.63) is 126 Å². The van der Waals surface area contributed by atoms with Crippen molar-refractivity contribution < 1.29 is 4.79 Å². The lowest BCUT2D eigenvalue weighted by atomic mass is 10.2. The molecule has 4 rings (SSSR count). The second-order valence-electron chi connectivity index (χ2n) is 6.63. The van der Waals surface area contributed by atoms with E-state index in [9.17, 15) is 4.79 Å². The zero-order chi connectivity index (χ0) is 20.6. The molecule has 0 saturated heterocycles. The average Bonchev–Trinajstić information content (AvgIpc) is 2.82. The van der Waals surface area contributed by atoms with Crippen LogP contribution in [0, 0.1) is 0 Å². The molecule has 0 aliphatic rings. The normalized spacial score (nSPS) is 11.0.